The number of para-hydroxylation sites is 1. The lowest BCUT2D eigenvalue weighted by Crippen LogP contribution is -2.32. The third-order valence-corrected chi connectivity index (χ3v) is 6.80. The molecule has 0 radical (unpaired) electrons. The van der Waals surface area contributed by atoms with Crippen LogP contribution in [0.5, 0.6) is 0 Å². The predicted molar refractivity (Wildman–Crippen MR) is 139 cm³/mol. The number of carboxylic acid groups (broad SMARTS) is 1. The molecule has 37 heavy (non-hydrogen) atoms. The Hall–Kier alpha value is -3.73. The number of hydrogen-bond donors (Lipinski definition) is 3. The number of aromatic amines is 1. The normalized spacial score (nSPS) is 15.5. The number of benzene rings is 1. The molecular weight excluding hydrogens is 505 g/mol. The van der Waals surface area contributed by atoms with E-state index in [0.29, 0.717) is 6.54 Å². The van der Waals surface area contributed by atoms with Crippen molar-refractivity contribution < 1.29 is 27.9 Å². The smallest absolute Gasteiger partial charge is 0.475 e. The molecule has 1 saturated heterocycles. The van der Waals surface area contributed by atoms with Crippen LogP contribution in [0.1, 0.15) is 27.3 Å². The molecule has 3 aromatic rings. The lowest BCUT2D eigenvalue weighted by atomic mass is 10.1. The summed E-state index contributed by atoms with van der Waals surface area (Å²) >= 11 is 2.02. The van der Waals surface area contributed by atoms with Crippen molar-refractivity contribution in [3.63, 3.8) is 0 Å². The van der Waals surface area contributed by atoms with Crippen molar-refractivity contribution in [3.05, 3.63) is 71.2 Å². The molecule has 2 aromatic heterocycles. The summed E-state index contributed by atoms with van der Waals surface area (Å²) in [4.78, 5) is 31.4. The largest absolute Gasteiger partial charge is 0.490 e. The number of amides is 1. The maximum atomic E-state index is 12.1. The highest BCUT2D eigenvalue weighted by molar-refractivity contribution is 7.99. The number of thioether (sulfide) groups is 1. The Bertz CT molecular complexity index is 1300. The Morgan fingerprint density at radius 3 is 2.54 bits per heavy atom. The number of rotatable bonds is 4. The number of pyridine rings is 1. The van der Waals surface area contributed by atoms with E-state index in [-0.39, 0.29) is 5.91 Å². The fourth-order valence-corrected chi connectivity index (χ4v) is 4.95. The molecule has 5 rings (SSSR count). The van der Waals surface area contributed by atoms with Gasteiger partial charge in [-0.05, 0) is 35.9 Å². The van der Waals surface area contributed by atoms with Crippen LogP contribution in [0.4, 0.5) is 18.9 Å². The van der Waals surface area contributed by atoms with Crippen molar-refractivity contribution in [1.29, 1.82) is 0 Å². The van der Waals surface area contributed by atoms with Crippen LogP contribution in [0.2, 0.25) is 0 Å². The molecular formula is C26H25F3N4O3S. The van der Waals surface area contributed by atoms with E-state index in [4.69, 9.17) is 9.90 Å². The van der Waals surface area contributed by atoms with Gasteiger partial charge in [0.1, 0.15) is 0 Å². The zero-order chi connectivity index (χ0) is 26.4. The zero-order valence-electron chi connectivity index (χ0n) is 19.7. The number of H-pyrrole nitrogens is 1. The lowest BCUT2D eigenvalue weighted by Gasteiger charge is -2.29. The van der Waals surface area contributed by atoms with Gasteiger partial charge in [0.15, 0.2) is 0 Å². The summed E-state index contributed by atoms with van der Waals surface area (Å²) in [6, 6.07) is 14.5. The summed E-state index contributed by atoms with van der Waals surface area (Å²) in [5.41, 5.74) is 7.15. The van der Waals surface area contributed by atoms with Gasteiger partial charge in [-0.2, -0.15) is 24.9 Å². The van der Waals surface area contributed by atoms with Crippen LogP contribution < -0.4 is 10.2 Å². The lowest BCUT2D eigenvalue weighted by molar-refractivity contribution is -0.192. The molecule has 1 aromatic carbocycles. The Morgan fingerprint density at radius 1 is 1.11 bits per heavy atom. The Labute approximate surface area is 215 Å². The number of fused-ring (bicyclic) bond motifs is 1. The van der Waals surface area contributed by atoms with E-state index >= 15 is 0 Å². The quantitative estimate of drug-likeness (QED) is 0.452. The van der Waals surface area contributed by atoms with Gasteiger partial charge in [0, 0.05) is 66.4 Å². The predicted octanol–water partition coefficient (Wildman–Crippen LogP) is 4.72. The van der Waals surface area contributed by atoms with Gasteiger partial charge in [0.05, 0.1) is 11.3 Å². The van der Waals surface area contributed by atoms with Crippen LogP contribution in [-0.2, 0) is 11.2 Å². The Kier molecular flexibility index (Phi) is 8.22. The molecule has 0 atom stereocenters. The maximum absolute atomic E-state index is 12.1. The summed E-state index contributed by atoms with van der Waals surface area (Å²) < 4.78 is 31.7. The number of hydrogen-bond acceptors (Lipinski definition) is 5. The van der Waals surface area contributed by atoms with Crippen LogP contribution in [0.15, 0.2) is 48.7 Å². The first kappa shape index (κ1) is 26.3. The van der Waals surface area contributed by atoms with Crippen LogP contribution in [0.3, 0.4) is 0 Å². The summed E-state index contributed by atoms with van der Waals surface area (Å²) in [5.74, 6) is -0.396. The third-order valence-electron chi connectivity index (χ3n) is 5.86. The fourth-order valence-electron chi connectivity index (χ4n) is 4.05. The van der Waals surface area contributed by atoms with Gasteiger partial charge in [0.2, 0.25) is 0 Å². The number of carbonyl (C=O) groups is 2. The molecule has 0 spiro atoms. The Morgan fingerprint density at radius 2 is 1.84 bits per heavy atom. The molecule has 1 amide bonds. The third kappa shape index (κ3) is 6.73. The minimum atomic E-state index is -5.08. The SMILES string of the molecule is O=C(O)C(F)(F)F.O=C1NCCc2[nH]c(-c3ccnc(C=Cc4ccccc4N4CCSCC4)c3)cc21. The number of carbonyl (C=O) groups excluding carboxylic acids is 1. The summed E-state index contributed by atoms with van der Waals surface area (Å²) in [7, 11) is 0. The molecule has 1 fully saturated rings. The molecule has 11 heteroatoms. The Balaban J connectivity index is 0.000000405. The van der Waals surface area contributed by atoms with E-state index in [1.54, 1.807) is 0 Å². The highest BCUT2D eigenvalue weighted by atomic mass is 32.2. The van der Waals surface area contributed by atoms with Crippen LogP contribution >= 0.6 is 11.8 Å². The van der Waals surface area contributed by atoms with Crippen molar-refractivity contribution in [3.8, 4) is 11.3 Å². The average molecular weight is 531 g/mol. The second kappa shape index (κ2) is 11.5. The molecule has 7 nitrogen and oxygen atoms in total. The van der Waals surface area contributed by atoms with E-state index in [0.717, 1.165) is 47.7 Å². The van der Waals surface area contributed by atoms with Crippen molar-refractivity contribution in [1.82, 2.24) is 15.3 Å². The first-order chi connectivity index (χ1) is 17.7. The highest BCUT2D eigenvalue weighted by Gasteiger charge is 2.38. The number of aromatic nitrogens is 2. The van der Waals surface area contributed by atoms with Crippen LogP contribution in [0, 0.1) is 0 Å². The minimum absolute atomic E-state index is 0.000597. The van der Waals surface area contributed by atoms with Crippen molar-refractivity contribution in [2.24, 2.45) is 0 Å². The van der Waals surface area contributed by atoms with Gasteiger partial charge in [-0.1, -0.05) is 24.3 Å². The van der Waals surface area contributed by atoms with E-state index in [1.165, 1.54) is 22.8 Å². The molecule has 4 heterocycles. The number of nitrogens with zero attached hydrogens (tertiary/aromatic N) is 2. The fraction of sp³-hybridized carbons (Fsp3) is 0.269. The summed E-state index contributed by atoms with van der Waals surface area (Å²) in [6.07, 6.45) is 1.79. The standard InChI is InChI=1S/C24H24N4OS.C2HF3O2/c29-24-20-16-22(27-21(20)8-10-26-24)18-7-9-25-19(15-18)6-5-17-3-1-2-4-23(17)28-11-13-30-14-12-28;3-2(4,5)1(6)7/h1-7,9,15-16,27H,8,10-14H2,(H,26,29);(H,6,7). The summed E-state index contributed by atoms with van der Waals surface area (Å²) in [5, 5.41) is 10.0. The molecule has 0 aliphatic carbocycles. The zero-order valence-corrected chi connectivity index (χ0v) is 20.5. The molecule has 0 bridgehead atoms. The number of carboxylic acids is 1. The van der Waals surface area contributed by atoms with E-state index in [1.807, 2.05) is 30.1 Å². The minimum Gasteiger partial charge on any atom is -0.475 e. The number of nitrogens with one attached hydrogen (secondary N) is 2. The number of anilines is 1. The number of halogens is 3. The first-order valence-electron chi connectivity index (χ1n) is 11.6. The van der Waals surface area contributed by atoms with E-state index in [9.17, 15) is 18.0 Å². The molecule has 2 aliphatic rings. The van der Waals surface area contributed by atoms with E-state index in [2.05, 4.69) is 62.7 Å². The van der Waals surface area contributed by atoms with Gasteiger partial charge in [-0.3, -0.25) is 9.78 Å². The molecule has 2 aliphatic heterocycles. The molecule has 194 valence electrons. The number of aliphatic carboxylic acids is 1. The topological polar surface area (TPSA) is 98.3 Å². The maximum Gasteiger partial charge on any atom is 0.490 e. The average Bonchev–Trinajstić information content (AvgIpc) is 3.34. The van der Waals surface area contributed by atoms with E-state index < -0.39 is 12.1 Å². The van der Waals surface area contributed by atoms with Crippen LogP contribution in [-0.4, -0.2) is 64.3 Å². The van der Waals surface area contributed by atoms with Crippen molar-refractivity contribution in [2.45, 2.75) is 12.6 Å². The van der Waals surface area contributed by atoms with Gasteiger partial charge in [-0.25, -0.2) is 4.79 Å². The summed E-state index contributed by atoms with van der Waals surface area (Å²) in [6.45, 7) is 2.87. The monoisotopic (exact) mass is 530 g/mol. The van der Waals surface area contributed by atoms with Gasteiger partial charge in [0.25, 0.3) is 5.91 Å². The second-order valence-electron chi connectivity index (χ2n) is 8.35. The van der Waals surface area contributed by atoms with Gasteiger partial charge in [-0.15, -0.1) is 0 Å². The highest BCUT2D eigenvalue weighted by Crippen LogP contribution is 2.27. The molecule has 0 saturated carbocycles. The molecule has 0 unspecified atom stereocenters. The van der Waals surface area contributed by atoms with Crippen LogP contribution in [0.25, 0.3) is 23.4 Å². The van der Waals surface area contributed by atoms with Gasteiger partial charge >= 0.3 is 12.1 Å². The number of alkyl halides is 3. The first-order valence-corrected chi connectivity index (χ1v) is 12.7. The second-order valence-corrected chi connectivity index (χ2v) is 9.57. The molecule has 3 N–H and O–H groups in total. The van der Waals surface area contributed by atoms with Gasteiger partial charge < -0.3 is 20.3 Å². The van der Waals surface area contributed by atoms with Crippen molar-refractivity contribution in [2.75, 3.05) is 36.0 Å². The van der Waals surface area contributed by atoms with Crippen molar-refractivity contribution >= 4 is 41.5 Å².